The number of rotatable bonds is 4. The van der Waals surface area contributed by atoms with E-state index in [9.17, 15) is 17.6 Å². The number of benzene rings is 1. The molecule has 4 rings (SSSR count). The minimum absolute atomic E-state index is 0.00421. The van der Waals surface area contributed by atoms with Crippen molar-refractivity contribution in [3.05, 3.63) is 59.4 Å². The van der Waals surface area contributed by atoms with Crippen molar-refractivity contribution in [2.24, 2.45) is 14.1 Å². The van der Waals surface area contributed by atoms with Crippen molar-refractivity contribution in [3.8, 4) is 5.75 Å². The molecule has 32 heavy (non-hydrogen) atoms. The second-order valence-electron chi connectivity index (χ2n) is 8.31. The van der Waals surface area contributed by atoms with Gasteiger partial charge in [0.15, 0.2) is 11.4 Å². The van der Waals surface area contributed by atoms with Gasteiger partial charge in [-0.05, 0) is 43.7 Å². The number of hydrogen-bond acceptors (Lipinski definition) is 5. The number of halogens is 1. The third-order valence-electron chi connectivity index (χ3n) is 5.28. The molecule has 0 radical (unpaired) electrons. The van der Waals surface area contributed by atoms with Crippen LogP contribution in [0.4, 0.5) is 10.1 Å². The van der Waals surface area contributed by atoms with E-state index in [1.807, 2.05) is 0 Å². The topological polar surface area (TPSA) is 107 Å². The van der Waals surface area contributed by atoms with Crippen molar-refractivity contribution in [1.29, 1.82) is 0 Å². The second kappa shape index (κ2) is 7.75. The van der Waals surface area contributed by atoms with E-state index in [4.69, 9.17) is 4.74 Å². The molecule has 11 heteroatoms. The van der Waals surface area contributed by atoms with Crippen LogP contribution in [0.25, 0.3) is 0 Å². The van der Waals surface area contributed by atoms with E-state index in [0.717, 1.165) is 0 Å². The molecule has 0 saturated carbocycles. The molecule has 0 aliphatic carbocycles. The maximum Gasteiger partial charge on any atom is 0.276 e. The fraction of sp³-hybridized carbons (Fsp3) is 0.333. The highest BCUT2D eigenvalue weighted by Crippen LogP contribution is 2.35. The van der Waals surface area contributed by atoms with Gasteiger partial charge in [0.1, 0.15) is 17.3 Å². The molecule has 0 bridgehead atoms. The first-order chi connectivity index (χ1) is 15.0. The second-order valence-corrected chi connectivity index (χ2v) is 9.96. The zero-order chi connectivity index (χ0) is 23.3. The number of carbonyl (C=O) groups excluding carboxylic acids is 1. The molecular weight excluding hydrogens is 437 g/mol. The molecule has 1 unspecified atom stereocenters. The Kier molecular flexibility index (Phi) is 5.33. The van der Waals surface area contributed by atoms with Crippen molar-refractivity contribution in [3.63, 3.8) is 0 Å². The molecule has 1 aliphatic rings. The molecule has 0 saturated heterocycles. The number of aryl methyl sites for hydroxylation is 3. The van der Waals surface area contributed by atoms with Gasteiger partial charge in [-0.3, -0.25) is 9.48 Å². The maximum atomic E-state index is 13.5. The van der Waals surface area contributed by atoms with Crippen LogP contribution >= 0.6 is 0 Å². The SMILES string of the molecule is Cc1cc(NC(=O)c2c3c(cn2C)S(=O)(=O)NC(C)(Cc2ccn(C)n2)CO3)ccc1F. The van der Waals surface area contributed by atoms with E-state index < -0.39 is 21.5 Å². The number of nitrogens with zero attached hydrogens (tertiary/aromatic N) is 3. The standard InChI is InChI=1S/C21H24FN5O4S/c1-13-9-14(5-6-16(13)22)23-20(28)18-19-17(11-26(18)3)32(29,30)25-21(2,12-31-19)10-15-7-8-27(4)24-15/h5-9,11,25H,10,12H2,1-4H3,(H,23,28). The first-order valence-corrected chi connectivity index (χ1v) is 11.4. The molecule has 1 atom stereocenters. The molecular formula is C21H24FN5O4S. The zero-order valence-electron chi connectivity index (χ0n) is 18.1. The van der Waals surface area contributed by atoms with Gasteiger partial charge in [0, 0.05) is 38.6 Å². The summed E-state index contributed by atoms with van der Waals surface area (Å²) >= 11 is 0. The van der Waals surface area contributed by atoms with E-state index in [1.165, 1.54) is 29.0 Å². The molecule has 1 aromatic carbocycles. The van der Waals surface area contributed by atoms with Gasteiger partial charge in [0.05, 0.1) is 11.2 Å². The summed E-state index contributed by atoms with van der Waals surface area (Å²) < 4.78 is 51.5. The summed E-state index contributed by atoms with van der Waals surface area (Å²) in [6, 6.07) is 5.99. The Morgan fingerprint density at radius 1 is 1.34 bits per heavy atom. The van der Waals surface area contributed by atoms with Crippen LogP contribution in [0.15, 0.2) is 41.6 Å². The lowest BCUT2D eigenvalue weighted by molar-refractivity contribution is 0.101. The third kappa shape index (κ3) is 4.13. The first-order valence-electron chi connectivity index (χ1n) is 9.89. The number of amides is 1. The number of fused-ring (bicyclic) bond motifs is 1. The van der Waals surface area contributed by atoms with Crippen LogP contribution in [0.1, 0.15) is 28.7 Å². The van der Waals surface area contributed by atoms with Crippen molar-refractivity contribution >= 4 is 21.6 Å². The molecule has 9 nitrogen and oxygen atoms in total. The highest BCUT2D eigenvalue weighted by molar-refractivity contribution is 7.89. The lowest BCUT2D eigenvalue weighted by atomic mass is 9.98. The van der Waals surface area contributed by atoms with Crippen LogP contribution in [0.3, 0.4) is 0 Å². The zero-order valence-corrected chi connectivity index (χ0v) is 19.0. The molecule has 3 aromatic rings. The Bertz CT molecular complexity index is 1310. The van der Waals surface area contributed by atoms with Crippen molar-refractivity contribution in [2.45, 2.75) is 30.7 Å². The van der Waals surface area contributed by atoms with Crippen LogP contribution in [0, 0.1) is 12.7 Å². The lowest BCUT2D eigenvalue weighted by Crippen LogP contribution is -2.50. The summed E-state index contributed by atoms with van der Waals surface area (Å²) in [7, 11) is -0.638. The van der Waals surface area contributed by atoms with Gasteiger partial charge in [-0.15, -0.1) is 0 Å². The summed E-state index contributed by atoms with van der Waals surface area (Å²) in [5, 5.41) is 7.00. The smallest absolute Gasteiger partial charge is 0.276 e. The van der Waals surface area contributed by atoms with Gasteiger partial charge in [0.25, 0.3) is 5.91 Å². The average Bonchev–Trinajstić information content (AvgIpc) is 3.22. The molecule has 2 N–H and O–H groups in total. The molecule has 3 heterocycles. The quantitative estimate of drug-likeness (QED) is 0.619. The normalized spacial score (nSPS) is 19.7. The highest BCUT2D eigenvalue weighted by Gasteiger charge is 2.40. The van der Waals surface area contributed by atoms with Gasteiger partial charge in [-0.1, -0.05) is 0 Å². The Morgan fingerprint density at radius 2 is 2.09 bits per heavy atom. The van der Waals surface area contributed by atoms with Gasteiger partial charge < -0.3 is 14.6 Å². The molecule has 1 amide bonds. The Morgan fingerprint density at radius 3 is 2.75 bits per heavy atom. The van der Waals surface area contributed by atoms with E-state index >= 15 is 0 Å². The molecule has 2 aromatic heterocycles. The lowest BCUT2D eigenvalue weighted by Gasteiger charge is -2.27. The van der Waals surface area contributed by atoms with E-state index in [1.54, 1.807) is 44.9 Å². The summed E-state index contributed by atoms with van der Waals surface area (Å²) in [5.74, 6) is -0.979. The number of carbonyl (C=O) groups is 1. The number of nitrogens with one attached hydrogen (secondary N) is 2. The molecule has 170 valence electrons. The van der Waals surface area contributed by atoms with Crippen molar-refractivity contribution in [1.82, 2.24) is 19.1 Å². The van der Waals surface area contributed by atoms with Gasteiger partial charge in [-0.25, -0.2) is 17.5 Å². The summed E-state index contributed by atoms with van der Waals surface area (Å²) in [4.78, 5) is 12.9. The fourth-order valence-corrected chi connectivity index (χ4v) is 5.35. The number of ether oxygens (including phenoxy) is 1. The predicted molar refractivity (Wildman–Crippen MR) is 116 cm³/mol. The summed E-state index contributed by atoms with van der Waals surface area (Å²) in [6.07, 6.45) is 3.42. The minimum Gasteiger partial charge on any atom is -0.488 e. The Balaban J connectivity index is 1.65. The Labute approximate surface area is 185 Å². The maximum absolute atomic E-state index is 13.5. The van der Waals surface area contributed by atoms with Crippen LogP contribution < -0.4 is 14.8 Å². The minimum atomic E-state index is -3.98. The number of aromatic nitrogens is 3. The fourth-order valence-electron chi connectivity index (χ4n) is 3.77. The molecule has 0 fully saturated rings. The summed E-state index contributed by atoms with van der Waals surface area (Å²) in [6.45, 7) is 3.31. The predicted octanol–water partition coefficient (Wildman–Crippen LogP) is 2.13. The van der Waals surface area contributed by atoms with E-state index in [2.05, 4.69) is 15.1 Å². The average molecular weight is 462 g/mol. The van der Waals surface area contributed by atoms with E-state index in [0.29, 0.717) is 23.4 Å². The van der Waals surface area contributed by atoms with E-state index in [-0.39, 0.29) is 28.8 Å². The molecule has 0 spiro atoms. The van der Waals surface area contributed by atoms with Crippen LogP contribution in [-0.4, -0.2) is 40.8 Å². The van der Waals surface area contributed by atoms with Crippen LogP contribution in [0.2, 0.25) is 0 Å². The number of sulfonamides is 1. The highest BCUT2D eigenvalue weighted by atomic mass is 32.2. The van der Waals surface area contributed by atoms with Gasteiger partial charge in [-0.2, -0.15) is 5.10 Å². The van der Waals surface area contributed by atoms with Crippen molar-refractivity contribution in [2.75, 3.05) is 11.9 Å². The van der Waals surface area contributed by atoms with Crippen LogP contribution in [0.5, 0.6) is 5.75 Å². The largest absolute Gasteiger partial charge is 0.488 e. The molecule has 1 aliphatic heterocycles. The van der Waals surface area contributed by atoms with Crippen LogP contribution in [-0.2, 0) is 30.5 Å². The first kappa shape index (κ1) is 22.0. The monoisotopic (exact) mass is 461 g/mol. The Hall–Kier alpha value is -3.18. The summed E-state index contributed by atoms with van der Waals surface area (Å²) in [5.41, 5.74) is 0.548. The number of hydrogen-bond donors (Lipinski definition) is 2. The van der Waals surface area contributed by atoms with Crippen molar-refractivity contribution < 1.29 is 22.3 Å². The van der Waals surface area contributed by atoms with Gasteiger partial charge >= 0.3 is 0 Å². The van der Waals surface area contributed by atoms with Gasteiger partial charge in [0.2, 0.25) is 10.0 Å². The third-order valence-corrected chi connectivity index (χ3v) is 6.91. The number of anilines is 1.